The van der Waals surface area contributed by atoms with Crippen LogP contribution in [-0.2, 0) is 11.2 Å². The van der Waals surface area contributed by atoms with Crippen molar-refractivity contribution in [3.05, 3.63) is 23.8 Å². The zero-order valence-corrected chi connectivity index (χ0v) is 13.8. The lowest BCUT2D eigenvalue weighted by Crippen LogP contribution is -2.31. The van der Waals surface area contributed by atoms with Crippen molar-refractivity contribution < 1.29 is 27.4 Å². The number of aryl methyl sites for hydroxylation is 1. The summed E-state index contributed by atoms with van der Waals surface area (Å²) >= 11 is 0. The van der Waals surface area contributed by atoms with E-state index in [1.807, 2.05) is 6.92 Å². The Morgan fingerprint density at radius 1 is 1.33 bits per heavy atom. The Kier molecular flexibility index (Phi) is 7.84. The molecule has 0 fully saturated rings. The maximum atomic E-state index is 12.2. The smallest absolute Gasteiger partial charge is 0.422 e. The molecule has 1 aromatic carbocycles. The summed E-state index contributed by atoms with van der Waals surface area (Å²) in [6.07, 6.45) is -3.70. The molecule has 5 nitrogen and oxygen atoms in total. The highest BCUT2D eigenvalue weighted by atomic mass is 19.4. The van der Waals surface area contributed by atoms with E-state index in [9.17, 15) is 18.0 Å². The monoisotopic (exact) mass is 348 g/mol. The van der Waals surface area contributed by atoms with Gasteiger partial charge in [0.05, 0.1) is 7.11 Å². The number of hydrogen-bond donors (Lipinski definition) is 2. The minimum absolute atomic E-state index is 0.0137. The Morgan fingerprint density at radius 2 is 2.04 bits per heavy atom. The number of benzene rings is 1. The molecule has 8 heteroatoms. The zero-order valence-electron chi connectivity index (χ0n) is 13.8. The van der Waals surface area contributed by atoms with Crippen molar-refractivity contribution in [2.45, 2.75) is 25.9 Å². The van der Waals surface area contributed by atoms with Crippen LogP contribution in [0.25, 0.3) is 0 Å². The minimum Gasteiger partial charge on any atom is -0.493 e. The summed E-state index contributed by atoms with van der Waals surface area (Å²) in [4.78, 5) is 11.7. The molecule has 0 aliphatic heterocycles. The molecule has 3 N–H and O–H groups in total. The standard InChI is InChI=1S/C16H23F3N2O3/c1-11(8-20)9-21-15(22)6-4-12-3-5-13(14(7-12)23-2)24-10-16(17,18)19/h3,5,7,11H,4,6,8-10,20H2,1-2H3,(H,21,22). The van der Waals surface area contributed by atoms with E-state index in [2.05, 4.69) is 5.32 Å². The highest BCUT2D eigenvalue weighted by Crippen LogP contribution is 2.30. The summed E-state index contributed by atoms with van der Waals surface area (Å²) < 4.78 is 46.4. The highest BCUT2D eigenvalue weighted by molar-refractivity contribution is 5.76. The van der Waals surface area contributed by atoms with E-state index in [1.165, 1.54) is 13.2 Å². The van der Waals surface area contributed by atoms with Crippen LogP contribution in [0.1, 0.15) is 18.9 Å². The lowest BCUT2D eigenvalue weighted by molar-refractivity contribution is -0.153. The van der Waals surface area contributed by atoms with Gasteiger partial charge in [-0.2, -0.15) is 13.2 Å². The number of carbonyl (C=O) groups is 1. The van der Waals surface area contributed by atoms with E-state index in [1.54, 1.807) is 12.1 Å². The lowest BCUT2D eigenvalue weighted by Gasteiger charge is -2.14. The first-order chi connectivity index (χ1) is 11.2. The summed E-state index contributed by atoms with van der Waals surface area (Å²) in [5.74, 6) is 0.319. The molecule has 0 aliphatic rings. The number of ether oxygens (including phenoxy) is 2. The molecule has 1 aromatic rings. The van der Waals surface area contributed by atoms with E-state index in [-0.39, 0.29) is 29.7 Å². The van der Waals surface area contributed by atoms with Crippen LogP contribution in [0.4, 0.5) is 13.2 Å². The molecular weight excluding hydrogens is 325 g/mol. The normalized spacial score (nSPS) is 12.6. The van der Waals surface area contributed by atoms with Crippen molar-refractivity contribution in [2.24, 2.45) is 11.7 Å². The lowest BCUT2D eigenvalue weighted by atomic mass is 10.1. The van der Waals surface area contributed by atoms with Crippen LogP contribution in [-0.4, -0.2) is 38.9 Å². The van der Waals surface area contributed by atoms with Crippen LogP contribution < -0.4 is 20.5 Å². The number of nitrogens with two attached hydrogens (primary N) is 1. The highest BCUT2D eigenvalue weighted by Gasteiger charge is 2.29. The van der Waals surface area contributed by atoms with E-state index in [4.69, 9.17) is 15.2 Å². The second kappa shape index (κ2) is 9.36. The summed E-state index contributed by atoms with van der Waals surface area (Å²) in [5, 5.41) is 2.78. The molecule has 136 valence electrons. The zero-order chi connectivity index (χ0) is 18.2. The van der Waals surface area contributed by atoms with Gasteiger partial charge in [-0.1, -0.05) is 13.0 Å². The van der Waals surface area contributed by atoms with Gasteiger partial charge in [0, 0.05) is 13.0 Å². The largest absolute Gasteiger partial charge is 0.493 e. The van der Waals surface area contributed by atoms with Gasteiger partial charge in [0.2, 0.25) is 5.91 Å². The predicted molar refractivity (Wildman–Crippen MR) is 84.1 cm³/mol. The molecule has 1 rings (SSSR count). The molecule has 1 unspecified atom stereocenters. The van der Waals surface area contributed by atoms with Gasteiger partial charge in [-0.05, 0) is 36.6 Å². The number of alkyl halides is 3. The fourth-order valence-corrected chi connectivity index (χ4v) is 1.86. The van der Waals surface area contributed by atoms with Gasteiger partial charge in [0.1, 0.15) is 0 Å². The summed E-state index contributed by atoms with van der Waals surface area (Å²) in [7, 11) is 1.35. The fourth-order valence-electron chi connectivity index (χ4n) is 1.86. The Hall–Kier alpha value is -1.96. The van der Waals surface area contributed by atoms with Crippen LogP contribution in [0.3, 0.4) is 0 Å². The molecule has 1 amide bonds. The quantitative estimate of drug-likeness (QED) is 0.718. The average Bonchev–Trinajstić information content (AvgIpc) is 2.55. The summed E-state index contributed by atoms with van der Waals surface area (Å²) in [6, 6.07) is 4.60. The third-order valence-corrected chi connectivity index (χ3v) is 3.31. The average molecular weight is 348 g/mol. The summed E-state index contributed by atoms with van der Waals surface area (Å²) in [6.45, 7) is 1.56. The van der Waals surface area contributed by atoms with Crippen LogP contribution in [0, 0.1) is 5.92 Å². The van der Waals surface area contributed by atoms with E-state index >= 15 is 0 Å². The molecule has 0 aliphatic carbocycles. The van der Waals surface area contributed by atoms with Gasteiger partial charge in [-0.3, -0.25) is 4.79 Å². The number of hydrogen-bond acceptors (Lipinski definition) is 4. The SMILES string of the molecule is COc1cc(CCC(=O)NCC(C)CN)ccc1OCC(F)(F)F. The van der Waals surface area contributed by atoms with Crippen molar-refractivity contribution in [1.29, 1.82) is 0 Å². The maximum Gasteiger partial charge on any atom is 0.422 e. The Balaban J connectivity index is 2.56. The van der Waals surface area contributed by atoms with Crippen molar-refractivity contribution in [3.8, 4) is 11.5 Å². The number of carbonyl (C=O) groups excluding carboxylic acids is 1. The molecule has 0 saturated heterocycles. The molecule has 0 aromatic heterocycles. The van der Waals surface area contributed by atoms with Crippen molar-refractivity contribution in [1.82, 2.24) is 5.32 Å². The van der Waals surface area contributed by atoms with Crippen molar-refractivity contribution in [2.75, 3.05) is 26.8 Å². The van der Waals surface area contributed by atoms with Crippen LogP contribution in [0.5, 0.6) is 11.5 Å². The molecule has 1 atom stereocenters. The first kappa shape index (κ1) is 20.1. The molecular formula is C16H23F3N2O3. The third kappa shape index (κ3) is 7.54. The second-order valence-electron chi connectivity index (χ2n) is 5.53. The van der Waals surface area contributed by atoms with Crippen LogP contribution in [0.2, 0.25) is 0 Å². The Morgan fingerprint density at radius 3 is 2.62 bits per heavy atom. The topological polar surface area (TPSA) is 73.6 Å². The van der Waals surface area contributed by atoms with Gasteiger partial charge in [0.15, 0.2) is 18.1 Å². The predicted octanol–water partition coefficient (Wildman–Crippen LogP) is 2.28. The van der Waals surface area contributed by atoms with E-state index < -0.39 is 12.8 Å². The Bertz CT molecular complexity index is 536. The van der Waals surface area contributed by atoms with Crippen LogP contribution >= 0.6 is 0 Å². The molecule has 0 saturated carbocycles. The molecule has 0 spiro atoms. The maximum absolute atomic E-state index is 12.2. The summed E-state index contributed by atoms with van der Waals surface area (Å²) in [5.41, 5.74) is 6.24. The number of methoxy groups -OCH3 is 1. The number of amides is 1. The first-order valence-corrected chi connectivity index (χ1v) is 7.58. The minimum atomic E-state index is -4.41. The van der Waals surface area contributed by atoms with Gasteiger partial charge < -0.3 is 20.5 Å². The van der Waals surface area contributed by atoms with Crippen molar-refractivity contribution in [3.63, 3.8) is 0 Å². The second-order valence-corrected chi connectivity index (χ2v) is 5.53. The van der Waals surface area contributed by atoms with E-state index in [0.29, 0.717) is 19.5 Å². The molecule has 24 heavy (non-hydrogen) atoms. The molecule has 0 bridgehead atoms. The molecule has 0 radical (unpaired) electrons. The number of halogens is 3. The van der Waals surface area contributed by atoms with Crippen LogP contribution in [0.15, 0.2) is 18.2 Å². The van der Waals surface area contributed by atoms with Gasteiger partial charge in [-0.15, -0.1) is 0 Å². The van der Waals surface area contributed by atoms with Gasteiger partial charge in [0.25, 0.3) is 0 Å². The third-order valence-electron chi connectivity index (χ3n) is 3.31. The van der Waals surface area contributed by atoms with Crippen molar-refractivity contribution >= 4 is 5.91 Å². The fraction of sp³-hybridized carbons (Fsp3) is 0.562. The Labute approximate surface area is 139 Å². The van der Waals surface area contributed by atoms with Gasteiger partial charge in [-0.25, -0.2) is 0 Å². The first-order valence-electron chi connectivity index (χ1n) is 7.58. The number of nitrogens with one attached hydrogen (secondary N) is 1. The van der Waals surface area contributed by atoms with Gasteiger partial charge >= 0.3 is 6.18 Å². The number of rotatable bonds is 9. The van der Waals surface area contributed by atoms with E-state index in [0.717, 1.165) is 5.56 Å². The molecule has 0 heterocycles.